The van der Waals surface area contributed by atoms with E-state index in [9.17, 15) is 0 Å². The van der Waals surface area contributed by atoms with Gasteiger partial charge in [0.05, 0.1) is 66.1 Å². The minimum atomic E-state index is -1.01. The van der Waals surface area contributed by atoms with Crippen LogP contribution in [0.3, 0.4) is 0 Å². The predicted octanol–water partition coefficient (Wildman–Crippen LogP) is 14.8. The zero-order valence-corrected chi connectivity index (χ0v) is 50.9. The van der Waals surface area contributed by atoms with Crippen LogP contribution in [-0.2, 0) is 100 Å². The van der Waals surface area contributed by atoms with Gasteiger partial charge in [-0.1, -0.05) is 243 Å². The van der Waals surface area contributed by atoms with Gasteiger partial charge in [-0.2, -0.15) is 0 Å². The Morgan fingerprint density at radius 1 is 0.281 bits per heavy atom. The van der Waals surface area contributed by atoms with Crippen molar-refractivity contribution in [3.8, 4) is 11.5 Å². The predicted molar refractivity (Wildman–Crippen MR) is 342 cm³/mol. The molecule has 2 fully saturated rings. The second kappa shape index (κ2) is 32.6. The highest BCUT2D eigenvalue weighted by molar-refractivity contribution is 5.52. The fourth-order valence-corrected chi connectivity index (χ4v) is 11.3. The summed E-state index contributed by atoms with van der Waals surface area (Å²) in [5.41, 5.74) is 10.5. The van der Waals surface area contributed by atoms with Gasteiger partial charge in [0.2, 0.25) is 12.6 Å². The van der Waals surface area contributed by atoms with Crippen molar-refractivity contribution < 1.29 is 56.8 Å². The lowest BCUT2D eigenvalue weighted by molar-refractivity contribution is -0.310. The van der Waals surface area contributed by atoms with Crippen molar-refractivity contribution in [2.45, 2.75) is 135 Å². The minimum Gasteiger partial charge on any atom is -0.462 e. The average Bonchev–Trinajstić information content (AvgIpc) is 1.68. The fourth-order valence-electron chi connectivity index (χ4n) is 11.3. The summed E-state index contributed by atoms with van der Waals surface area (Å²) in [7, 11) is 0. The van der Waals surface area contributed by atoms with Crippen LogP contribution in [0, 0.1) is 20.8 Å². The van der Waals surface area contributed by atoms with Crippen molar-refractivity contribution in [1.82, 2.24) is 0 Å². The van der Waals surface area contributed by atoms with Gasteiger partial charge < -0.3 is 56.8 Å². The van der Waals surface area contributed by atoms with E-state index < -0.39 is 61.4 Å². The molecule has 12 heteroatoms. The van der Waals surface area contributed by atoms with E-state index in [0.717, 1.165) is 61.2 Å². The molecule has 0 unspecified atom stereocenters. The third-order valence-corrected chi connectivity index (χ3v) is 16.1. The van der Waals surface area contributed by atoms with Gasteiger partial charge >= 0.3 is 0 Å². The molecule has 89 heavy (non-hydrogen) atoms. The molecule has 0 radical (unpaired) electrons. The monoisotopic (exact) mass is 1200 g/mol. The van der Waals surface area contributed by atoms with Crippen LogP contribution in [0.15, 0.2) is 249 Å². The fraction of sp³-hybridized carbons (Fsp3) is 0.299. The van der Waals surface area contributed by atoms with Crippen molar-refractivity contribution in [2.75, 3.05) is 13.2 Å². The van der Waals surface area contributed by atoms with Gasteiger partial charge in [0.25, 0.3) is 0 Å². The highest BCUT2D eigenvalue weighted by Crippen LogP contribution is 2.40. The van der Waals surface area contributed by atoms with E-state index in [1.165, 1.54) is 0 Å². The molecule has 2 aliphatic heterocycles. The van der Waals surface area contributed by atoms with Crippen LogP contribution in [0.1, 0.15) is 61.2 Å². The second-order valence-electron chi connectivity index (χ2n) is 22.7. The van der Waals surface area contributed by atoms with Crippen molar-refractivity contribution in [3.63, 3.8) is 0 Å². The van der Waals surface area contributed by atoms with Crippen LogP contribution in [0.5, 0.6) is 11.5 Å². The first kappa shape index (κ1) is 62.8. The maximum absolute atomic E-state index is 7.30. The van der Waals surface area contributed by atoms with Crippen molar-refractivity contribution in [1.29, 1.82) is 0 Å². The molecule has 0 spiro atoms. The molecule has 10 atom stereocenters. The maximum Gasteiger partial charge on any atom is 0.229 e. The van der Waals surface area contributed by atoms with Gasteiger partial charge in [-0.3, -0.25) is 0 Å². The highest BCUT2D eigenvalue weighted by Gasteiger charge is 2.52. The van der Waals surface area contributed by atoms with Gasteiger partial charge in [-0.15, -0.1) is 0 Å². The molecule has 0 saturated carbocycles. The van der Waals surface area contributed by atoms with Crippen molar-refractivity contribution >= 4 is 0 Å². The first-order chi connectivity index (χ1) is 43.9. The van der Waals surface area contributed by atoms with Crippen LogP contribution >= 0.6 is 0 Å². The third-order valence-electron chi connectivity index (χ3n) is 16.1. The summed E-state index contributed by atoms with van der Waals surface area (Å²) in [5, 5.41) is 0. The van der Waals surface area contributed by atoms with E-state index in [4.69, 9.17) is 56.8 Å². The zero-order valence-electron chi connectivity index (χ0n) is 50.9. The Bertz CT molecular complexity index is 3460. The summed E-state index contributed by atoms with van der Waals surface area (Å²) < 4.78 is 84.2. The molecule has 12 nitrogen and oxygen atoms in total. The number of hydrogen-bond acceptors (Lipinski definition) is 12. The van der Waals surface area contributed by atoms with E-state index >= 15 is 0 Å². The molecule has 2 heterocycles. The molecule has 9 aromatic carbocycles. The Kier molecular flexibility index (Phi) is 23.0. The van der Waals surface area contributed by atoms with E-state index in [2.05, 4.69) is 48.5 Å². The normalized spacial score (nSPS) is 21.7. The van der Waals surface area contributed by atoms with E-state index in [1.54, 1.807) is 0 Å². The molecule has 0 bridgehead atoms. The van der Waals surface area contributed by atoms with E-state index in [-0.39, 0.29) is 39.6 Å². The van der Waals surface area contributed by atoms with Crippen LogP contribution in [-0.4, -0.2) is 74.6 Å². The Balaban J connectivity index is 0.936. The first-order valence-corrected chi connectivity index (χ1v) is 30.8. The Hall–Kier alpha value is -7.82. The largest absolute Gasteiger partial charge is 0.462 e. The smallest absolute Gasteiger partial charge is 0.229 e. The zero-order chi connectivity index (χ0) is 60.8. The first-order valence-electron chi connectivity index (χ1n) is 30.8. The van der Waals surface area contributed by atoms with Gasteiger partial charge in [-0.25, -0.2) is 0 Å². The van der Waals surface area contributed by atoms with Crippen LogP contribution < -0.4 is 9.47 Å². The summed E-state index contributed by atoms with van der Waals surface area (Å²) >= 11 is 0. The summed E-state index contributed by atoms with van der Waals surface area (Å²) in [5.74, 6) is 1.18. The molecule has 2 aliphatic rings. The van der Waals surface area contributed by atoms with Crippen LogP contribution in [0.25, 0.3) is 0 Å². The molecule has 2 saturated heterocycles. The van der Waals surface area contributed by atoms with Gasteiger partial charge in [-0.05, 0) is 88.0 Å². The number of benzene rings is 9. The summed E-state index contributed by atoms with van der Waals surface area (Å²) in [6.07, 6.45) is -7.64. The average molecular weight is 1200 g/mol. The number of aryl methyl sites for hydroxylation is 1. The lowest BCUT2D eigenvalue weighted by atomic mass is 9.97. The molecule has 0 aromatic heterocycles. The van der Waals surface area contributed by atoms with Gasteiger partial charge in [0.15, 0.2) is 0 Å². The topological polar surface area (TPSA) is 111 Å². The Morgan fingerprint density at radius 3 is 0.843 bits per heavy atom. The standard InChI is InChI=1S/C77H80O12/c1-55-44-66(86-76-74(84-51-64-40-24-10-25-41-64)72(82-49-62-36-20-8-21-37-62)70(80-47-60-32-16-6-17-33-60)67(87-76)53-78-45-58-28-12-4-13-29-58)56(2)57(3)69(55)89-77-75(85-52-65-42-26-11-27-43-65)73(83-50-63-38-22-9-23-39-63)71(81-48-61-34-18-7-19-35-61)68(88-77)54-79-46-59-30-14-5-15-31-59/h4-44,67-68,70-77H,45-54H2,1-3H3/t67-,68-,70-,71-,72+,73+,74-,75-,76-,77+/m1/s1. The minimum absolute atomic E-state index is 0.177. The second-order valence-corrected chi connectivity index (χ2v) is 22.7. The molecule has 9 aromatic rings. The van der Waals surface area contributed by atoms with E-state index in [0.29, 0.717) is 37.9 Å². The van der Waals surface area contributed by atoms with Crippen LogP contribution in [0.2, 0.25) is 0 Å². The SMILES string of the molecule is Cc1cc(O[C@@H]2O[C@H](COCc3ccccc3)[C@@H](OCc3ccccc3)[C@H](OCc3ccccc3)[C@H]2OCc2ccccc2)c(C)c(C)c1O[C@@H]1O[C@H](COCc2ccccc2)[C@@H](OCc2ccccc2)[C@H](OCc2ccccc2)[C@H]1OCc1ccccc1. The summed E-state index contributed by atoms with van der Waals surface area (Å²) in [4.78, 5) is 0. The quantitative estimate of drug-likeness (QED) is 0.0427. The highest BCUT2D eigenvalue weighted by atomic mass is 16.7. The number of rotatable bonds is 30. The molecule has 0 aliphatic carbocycles. The number of hydrogen-bond donors (Lipinski definition) is 0. The maximum atomic E-state index is 7.30. The molecule has 460 valence electrons. The van der Waals surface area contributed by atoms with Gasteiger partial charge in [0, 0.05) is 0 Å². The summed E-state index contributed by atoms with van der Waals surface area (Å²) in [6, 6.07) is 82.9. The lowest BCUT2D eigenvalue weighted by Gasteiger charge is -2.46. The molecule has 0 amide bonds. The molecular formula is C77H80O12. The molecule has 0 N–H and O–H groups in total. The van der Waals surface area contributed by atoms with Crippen LogP contribution in [0.4, 0.5) is 0 Å². The summed E-state index contributed by atoms with van der Waals surface area (Å²) in [6.45, 7) is 8.85. The molecular weight excluding hydrogens is 1120 g/mol. The van der Waals surface area contributed by atoms with Crippen molar-refractivity contribution in [2.24, 2.45) is 0 Å². The van der Waals surface area contributed by atoms with E-state index in [1.807, 2.05) is 221 Å². The number of ether oxygens (including phenoxy) is 12. The lowest BCUT2D eigenvalue weighted by Crippen LogP contribution is -2.62. The third kappa shape index (κ3) is 17.7. The van der Waals surface area contributed by atoms with Gasteiger partial charge in [0.1, 0.15) is 60.3 Å². The Morgan fingerprint density at radius 2 is 0.539 bits per heavy atom. The Labute approximate surface area is 524 Å². The van der Waals surface area contributed by atoms with Crippen molar-refractivity contribution in [3.05, 3.63) is 310 Å². The molecule has 11 rings (SSSR count).